The van der Waals surface area contributed by atoms with Gasteiger partial charge in [0.15, 0.2) is 6.61 Å². The van der Waals surface area contributed by atoms with Crippen molar-refractivity contribution in [1.29, 1.82) is 0 Å². The maximum Gasteiger partial charge on any atom is 0.338 e. The fourth-order valence-corrected chi connectivity index (χ4v) is 5.65. The molecule has 3 rings (SSSR count). The highest BCUT2D eigenvalue weighted by atomic mass is 32.2. The molecule has 0 aromatic heterocycles. The third-order valence-electron chi connectivity index (χ3n) is 6.40. The summed E-state index contributed by atoms with van der Waals surface area (Å²) in [5, 5.41) is 0. The van der Waals surface area contributed by atoms with Gasteiger partial charge in [-0.1, -0.05) is 44.6 Å². The lowest BCUT2D eigenvalue weighted by atomic mass is 9.88. The lowest BCUT2D eigenvalue weighted by Gasteiger charge is -2.41. The minimum Gasteiger partial charge on any atom is -0.452 e. The van der Waals surface area contributed by atoms with Crippen molar-refractivity contribution in [3.05, 3.63) is 29.8 Å². The molecule has 1 aromatic carbocycles. The first-order valence-corrected chi connectivity index (χ1v) is 12.8. The minimum atomic E-state index is -3.66. The zero-order valence-electron chi connectivity index (χ0n) is 18.6. The van der Waals surface area contributed by atoms with E-state index in [0.717, 1.165) is 55.7 Å². The normalized spacial score (nSPS) is 18.7. The van der Waals surface area contributed by atoms with Gasteiger partial charge >= 0.3 is 5.97 Å². The molecule has 0 saturated heterocycles. The molecule has 0 spiro atoms. The van der Waals surface area contributed by atoms with E-state index in [4.69, 9.17) is 4.74 Å². The quantitative estimate of drug-likeness (QED) is 0.593. The van der Waals surface area contributed by atoms with Crippen molar-refractivity contribution >= 4 is 21.9 Å². The van der Waals surface area contributed by atoms with Crippen LogP contribution in [-0.4, -0.2) is 62.3 Å². The number of carbonyl (C=O) groups is 2. The van der Waals surface area contributed by atoms with Gasteiger partial charge in [-0.3, -0.25) is 4.79 Å². The molecule has 31 heavy (non-hydrogen) atoms. The number of carbonyl (C=O) groups excluding carboxylic acids is 2. The average molecular weight is 451 g/mol. The van der Waals surface area contributed by atoms with Crippen LogP contribution in [0.1, 0.15) is 74.6 Å². The van der Waals surface area contributed by atoms with E-state index in [1.807, 2.05) is 4.90 Å². The standard InChI is InChI=1S/C23H34N2O5S/c1-24(2)31(28,29)21-15-9-10-18(16-21)23(27)30-17-22(26)25(19-11-5-3-6-12-19)20-13-7-4-8-14-20/h9-10,15-16,19-20H,3-8,11-14,17H2,1-2H3. The molecule has 2 aliphatic rings. The predicted octanol–water partition coefficient (Wildman–Crippen LogP) is 3.59. The number of esters is 1. The van der Waals surface area contributed by atoms with E-state index in [2.05, 4.69) is 0 Å². The van der Waals surface area contributed by atoms with E-state index in [1.165, 1.54) is 51.2 Å². The number of hydrogen-bond acceptors (Lipinski definition) is 5. The van der Waals surface area contributed by atoms with Crippen LogP contribution in [0, 0.1) is 0 Å². The number of sulfonamides is 1. The molecule has 0 bridgehead atoms. The number of rotatable bonds is 7. The predicted molar refractivity (Wildman–Crippen MR) is 118 cm³/mol. The summed E-state index contributed by atoms with van der Waals surface area (Å²) in [5.74, 6) is -0.819. The SMILES string of the molecule is CN(C)S(=O)(=O)c1cccc(C(=O)OCC(=O)N(C2CCCCC2)C2CCCCC2)c1. The summed E-state index contributed by atoms with van der Waals surface area (Å²) in [5.41, 5.74) is 0.123. The molecular weight excluding hydrogens is 416 g/mol. The highest BCUT2D eigenvalue weighted by Crippen LogP contribution is 2.30. The lowest BCUT2D eigenvalue weighted by Crippen LogP contribution is -2.50. The summed E-state index contributed by atoms with van der Waals surface area (Å²) >= 11 is 0. The van der Waals surface area contributed by atoms with Gasteiger partial charge in [-0.05, 0) is 43.9 Å². The molecule has 0 unspecified atom stereocenters. The van der Waals surface area contributed by atoms with Crippen molar-refractivity contribution in [2.75, 3.05) is 20.7 Å². The van der Waals surface area contributed by atoms with Crippen LogP contribution in [0.15, 0.2) is 29.2 Å². The van der Waals surface area contributed by atoms with E-state index in [-0.39, 0.29) is 35.1 Å². The molecule has 0 N–H and O–H groups in total. The molecular formula is C23H34N2O5S. The number of hydrogen-bond donors (Lipinski definition) is 0. The molecule has 172 valence electrons. The lowest BCUT2D eigenvalue weighted by molar-refractivity contribution is -0.141. The van der Waals surface area contributed by atoms with E-state index < -0.39 is 16.0 Å². The largest absolute Gasteiger partial charge is 0.452 e. The average Bonchev–Trinajstić information content (AvgIpc) is 2.79. The first-order valence-electron chi connectivity index (χ1n) is 11.3. The highest BCUT2D eigenvalue weighted by Gasteiger charge is 2.33. The molecule has 0 heterocycles. The van der Waals surface area contributed by atoms with Gasteiger partial charge in [0.25, 0.3) is 5.91 Å². The van der Waals surface area contributed by atoms with Gasteiger partial charge in [-0.2, -0.15) is 0 Å². The van der Waals surface area contributed by atoms with Crippen LogP contribution in [-0.2, 0) is 19.6 Å². The van der Waals surface area contributed by atoms with Crippen molar-refractivity contribution in [2.45, 2.75) is 81.2 Å². The van der Waals surface area contributed by atoms with Crippen molar-refractivity contribution in [3.63, 3.8) is 0 Å². The van der Waals surface area contributed by atoms with E-state index in [1.54, 1.807) is 0 Å². The van der Waals surface area contributed by atoms with Crippen LogP contribution in [0.5, 0.6) is 0 Å². The number of ether oxygens (including phenoxy) is 1. The summed E-state index contributed by atoms with van der Waals surface area (Å²) in [6.07, 6.45) is 11.0. The highest BCUT2D eigenvalue weighted by molar-refractivity contribution is 7.89. The Hall–Kier alpha value is -1.93. The zero-order chi connectivity index (χ0) is 22.4. The topological polar surface area (TPSA) is 84.0 Å². The van der Waals surface area contributed by atoms with Crippen molar-refractivity contribution < 1.29 is 22.7 Å². The van der Waals surface area contributed by atoms with Crippen molar-refractivity contribution in [3.8, 4) is 0 Å². The Bertz CT molecular complexity index is 854. The number of amides is 1. The van der Waals surface area contributed by atoms with Crippen LogP contribution in [0.4, 0.5) is 0 Å². The second-order valence-electron chi connectivity index (χ2n) is 8.78. The van der Waals surface area contributed by atoms with Gasteiger partial charge in [0.1, 0.15) is 0 Å². The summed E-state index contributed by atoms with van der Waals surface area (Å²) in [7, 11) is -0.787. The van der Waals surface area contributed by atoms with Crippen LogP contribution in [0.2, 0.25) is 0 Å². The molecule has 2 saturated carbocycles. The van der Waals surface area contributed by atoms with Gasteiger partial charge in [0.2, 0.25) is 10.0 Å². The first-order chi connectivity index (χ1) is 14.8. The van der Waals surface area contributed by atoms with Gasteiger partial charge in [-0.25, -0.2) is 17.5 Å². The van der Waals surface area contributed by atoms with Crippen LogP contribution >= 0.6 is 0 Å². The molecule has 7 nitrogen and oxygen atoms in total. The van der Waals surface area contributed by atoms with E-state index in [9.17, 15) is 18.0 Å². The number of benzene rings is 1. The molecule has 8 heteroatoms. The Morgan fingerprint density at radius 3 is 2.00 bits per heavy atom. The summed E-state index contributed by atoms with van der Waals surface area (Å²) in [6.45, 7) is -0.309. The van der Waals surface area contributed by atoms with Crippen LogP contribution < -0.4 is 0 Å². The van der Waals surface area contributed by atoms with Crippen molar-refractivity contribution in [1.82, 2.24) is 9.21 Å². The molecule has 2 fully saturated rings. The maximum absolute atomic E-state index is 13.1. The Morgan fingerprint density at radius 2 is 1.48 bits per heavy atom. The molecule has 0 aliphatic heterocycles. The maximum atomic E-state index is 13.1. The third kappa shape index (κ3) is 5.86. The van der Waals surface area contributed by atoms with Gasteiger partial charge in [0.05, 0.1) is 10.5 Å². The molecule has 1 aromatic rings. The molecule has 0 atom stereocenters. The first kappa shape index (κ1) is 23.7. The van der Waals surface area contributed by atoms with Crippen molar-refractivity contribution in [2.24, 2.45) is 0 Å². The smallest absolute Gasteiger partial charge is 0.338 e. The molecule has 1 amide bonds. The van der Waals surface area contributed by atoms with Gasteiger partial charge < -0.3 is 9.64 Å². The summed E-state index contributed by atoms with van der Waals surface area (Å²) in [6, 6.07) is 6.20. The Morgan fingerprint density at radius 1 is 0.935 bits per heavy atom. The Balaban J connectivity index is 1.68. The van der Waals surface area contributed by atoms with E-state index in [0.29, 0.717) is 0 Å². The molecule has 0 radical (unpaired) electrons. The number of nitrogens with zero attached hydrogens (tertiary/aromatic N) is 2. The van der Waals surface area contributed by atoms with Gasteiger partial charge in [0, 0.05) is 26.2 Å². The second kappa shape index (κ2) is 10.6. The second-order valence-corrected chi connectivity index (χ2v) is 10.9. The third-order valence-corrected chi connectivity index (χ3v) is 8.21. The summed E-state index contributed by atoms with van der Waals surface area (Å²) < 4.78 is 31.1. The van der Waals surface area contributed by atoms with Crippen LogP contribution in [0.3, 0.4) is 0 Å². The zero-order valence-corrected chi connectivity index (χ0v) is 19.4. The minimum absolute atomic E-state index is 0.0179. The fraction of sp³-hybridized carbons (Fsp3) is 0.652. The van der Waals surface area contributed by atoms with Crippen LogP contribution in [0.25, 0.3) is 0 Å². The van der Waals surface area contributed by atoms with E-state index >= 15 is 0 Å². The fourth-order valence-electron chi connectivity index (χ4n) is 4.70. The monoisotopic (exact) mass is 450 g/mol. The Labute approximate surface area is 185 Å². The molecule has 2 aliphatic carbocycles. The Kier molecular flexibility index (Phi) is 8.11. The van der Waals surface area contributed by atoms with Gasteiger partial charge in [-0.15, -0.1) is 0 Å². The summed E-state index contributed by atoms with van der Waals surface area (Å²) in [4.78, 5) is 27.7.